The van der Waals surface area contributed by atoms with Crippen LogP contribution in [0, 0.1) is 5.41 Å². The number of benzene rings is 1. The van der Waals surface area contributed by atoms with Gasteiger partial charge in [-0.1, -0.05) is 24.3 Å². The Hall–Kier alpha value is -3.36. The average Bonchev–Trinajstić information content (AvgIpc) is 3.58. The van der Waals surface area contributed by atoms with Crippen molar-refractivity contribution >= 4 is 29.8 Å². The van der Waals surface area contributed by atoms with E-state index < -0.39 is 72.0 Å². The van der Waals surface area contributed by atoms with E-state index in [9.17, 15) is 24.3 Å². The van der Waals surface area contributed by atoms with Crippen LogP contribution in [0.15, 0.2) is 30.3 Å². The molecule has 4 aliphatic rings. The predicted molar refractivity (Wildman–Crippen MR) is 154 cm³/mol. The Balaban J connectivity index is 1.39. The standard InChI is InChI=1S/C31H41N3O10/c1-30(2,3)43-23(37)12-10-20(16-35)32-29(39)31-14-21-24-25(41-17-40-24)27(31)44-34(26(31)28(38)42-21)15-19-8-6-7-18(13-19)9-11-22(36)33(4)5/h6-9,11,13,20-21,24-27,35H,10,12,14-17H2,1-5H3,(H,32,39)/t20-,21+,24-,25-,26-,27+,31-/m0/s1. The number of amides is 2. The maximum Gasteiger partial charge on any atom is 0.327 e. The molecular formula is C31H41N3O10. The van der Waals surface area contributed by atoms with Gasteiger partial charge in [0.25, 0.3) is 0 Å². The number of ether oxygens (including phenoxy) is 4. The summed E-state index contributed by atoms with van der Waals surface area (Å²) in [5, 5.41) is 14.4. The van der Waals surface area contributed by atoms with E-state index in [2.05, 4.69) is 5.32 Å². The number of aliphatic hydroxyl groups excluding tert-OH is 1. The first-order valence-electron chi connectivity index (χ1n) is 14.8. The maximum absolute atomic E-state index is 14.2. The monoisotopic (exact) mass is 615 g/mol. The van der Waals surface area contributed by atoms with Gasteiger partial charge in [0.05, 0.1) is 19.2 Å². The molecular weight excluding hydrogens is 574 g/mol. The fourth-order valence-electron chi connectivity index (χ4n) is 6.34. The molecule has 240 valence electrons. The van der Waals surface area contributed by atoms with Gasteiger partial charge in [0.2, 0.25) is 11.8 Å². The van der Waals surface area contributed by atoms with Crippen molar-refractivity contribution in [3.63, 3.8) is 0 Å². The van der Waals surface area contributed by atoms with Crippen LogP contribution in [0.1, 0.15) is 51.2 Å². The number of nitrogens with one attached hydrogen (secondary N) is 1. The molecule has 13 nitrogen and oxygen atoms in total. The van der Waals surface area contributed by atoms with Gasteiger partial charge in [-0.15, -0.1) is 0 Å². The lowest BCUT2D eigenvalue weighted by molar-refractivity contribution is -0.201. The Morgan fingerprint density at radius 2 is 1.98 bits per heavy atom. The van der Waals surface area contributed by atoms with Crippen molar-refractivity contribution in [3.05, 3.63) is 41.5 Å². The van der Waals surface area contributed by atoms with Crippen molar-refractivity contribution in [1.82, 2.24) is 15.3 Å². The molecule has 2 bridgehead atoms. The second kappa shape index (κ2) is 12.6. The van der Waals surface area contributed by atoms with Crippen LogP contribution in [0.3, 0.4) is 0 Å². The van der Waals surface area contributed by atoms with Crippen LogP contribution in [0.5, 0.6) is 0 Å². The lowest BCUT2D eigenvalue weighted by Gasteiger charge is -2.49. The van der Waals surface area contributed by atoms with Gasteiger partial charge in [-0.05, 0) is 44.4 Å². The third kappa shape index (κ3) is 6.38. The van der Waals surface area contributed by atoms with Crippen molar-refractivity contribution in [3.8, 4) is 0 Å². The minimum absolute atomic E-state index is 0.0114. The second-order valence-corrected chi connectivity index (χ2v) is 12.9. The molecule has 0 aromatic heterocycles. The molecule has 3 aliphatic heterocycles. The number of likely N-dealkylation sites (N-methyl/N-ethyl adjacent to an activating group) is 1. The molecule has 0 unspecified atom stereocenters. The SMILES string of the molecule is CN(C)C(=O)C=Cc1cccc(CN2O[C@@H]3[C@H]4OCO[C@H]4[C@H]4C[C@]3(C(=O)N[C@H](CO)CCC(=O)OC(C)(C)C)[C@@H]2C(=O)O4)c1. The van der Waals surface area contributed by atoms with Crippen LogP contribution < -0.4 is 5.32 Å². The van der Waals surface area contributed by atoms with E-state index in [-0.39, 0.29) is 38.5 Å². The summed E-state index contributed by atoms with van der Waals surface area (Å²) in [4.78, 5) is 60.0. The Morgan fingerprint density at radius 3 is 2.68 bits per heavy atom. The van der Waals surface area contributed by atoms with Crippen LogP contribution in [-0.4, -0.2) is 108 Å². The minimum atomic E-state index is -1.40. The molecule has 0 spiro atoms. The summed E-state index contributed by atoms with van der Waals surface area (Å²) >= 11 is 0. The Bertz CT molecular complexity index is 1310. The zero-order chi connectivity index (χ0) is 31.8. The van der Waals surface area contributed by atoms with Gasteiger partial charge < -0.3 is 34.3 Å². The highest BCUT2D eigenvalue weighted by atomic mass is 16.8. The fourth-order valence-corrected chi connectivity index (χ4v) is 6.34. The first-order chi connectivity index (χ1) is 20.8. The van der Waals surface area contributed by atoms with E-state index >= 15 is 0 Å². The number of hydrogen-bond acceptors (Lipinski definition) is 11. The van der Waals surface area contributed by atoms with E-state index in [1.54, 1.807) is 40.9 Å². The third-order valence-corrected chi connectivity index (χ3v) is 8.32. The Kier molecular flexibility index (Phi) is 9.15. The molecule has 1 saturated carbocycles. The van der Waals surface area contributed by atoms with Crippen LogP contribution in [0.25, 0.3) is 6.08 Å². The number of esters is 2. The number of rotatable bonds is 10. The zero-order valence-electron chi connectivity index (χ0n) is 25.7. The summed E-state index contributed by atoms with van der Waals surface area (Å²) in [6.07, 6.45) is 0.604. The number of carbonyl (C=O) groups excluding carboxylic acids is 4. The number of nitrogens with zero attached hydrogens (tertiary/aromatic N) is 2. The Morgan fingerprint density at radius 1 is 1.23 bits per heavy atom. The highest BCUT2D eigenvalue weighted by Crippen LogP contribution is 2.55. The van der Waals surface area contributed by atoms with Crippen molar-refractivity contribution < 1.29 is 48.1 Å². The fraction of sp³-hybridized carbons (Fsp3) is 0.613. The summed E-state index contributed by atoms with van der Waals surface area (Å²) in [5.74, 6) is -1.71. The summed E-state index contributed by atoms with van der Waals surface area (Å²) in [7, 11) is 3.33. The van der Waals surface area contributed by atoms with Crippen molar-refractivity contribution in [2.75, 3.05) is 27.5 Å². The number of fused-ring (bicyclic) bond motifs is 4. The Labute approximate surface area is 256 Å². The van der Waals surface area contributed by atoms with Gasteiger partial charge in [0.15, 0.2) is 6.04 Å². The molecule has 1 aromatic rings. The summed E-state index contributed by atoms with van der Waals surface area (Å²) < 4.78 is 22.8. The maximum atomic E-state index is 14.2. The second-order valence-electron chi connectivity index (χ2n) is 12.9. The largest absolute Gasteiger partial charge is 0.460 e. The first kappa shape index (κ1) is 32.0. The number of aliphatic hydroxyl groups is 1. The zero-order valence-corrected chi connectivity index (χ0v) is 25.7. The van der Waals surface area contributed by atoms with E-state index in [1.807, 2.05) is 24.3 Å². The molecule has 3 saturated heterocycles. The van der Waals surface area contributed by atoms with Crippen LogP contribution in [0.4, 0.5) is 0 Å². The summed E-state index contributed by atoms with van der Waals surface area (Å²) in [5.41, 5.74) is -0.507. The van der Waals surface area contributed by atoms with E-state index in [0.717, 1.165) is 11.1 Å². The van der Waals surface area contributed by atoms with E-state index in [1.165, 1.54) is 16.0 Å². The van der Waals surface area contributed by atoms with Crippen LogP contribution in [0.2, 0.25) is 0 Å². The number of carbonyl (C=O) groups is 4. The van der Waals surface area contributed by atoms with Crippen molar-refractivity contribution in [1.29, 1.82) is 0 Å². The normalized spacial score (nSPS) is 30.0. The van der Waals surface area contributed by atoms with Gasteiger partial charge in [0, 0.05) is 33.0 Å². The molecule has 1 aliphatic carbocycles. The number of hydrogen-bond donors (Lipinski definition) is 2. The smallest absolute Gasteiger partial charge is 0.327 e. The number of hydroxylamine groups is 2. The molecule has 5 rings (SSSR count). The molecule has 13 heteroatoms. The highest BCUT2D eigenvalue weighted by Gasteiger charge is 2.74. The van der Waals surface area contributed by atoms with Crippen molar-refractivity contribution in [2.45, 2.75) is 88.7 Å². The summed E-state index contributed by atoms with van der Waals surface area (Å²) in [6, 6.07) is 5.54. The topological polar surface area (TPSA) is 153 Å². The lowest BCUT2D eigenvalue weighted by atomic mass is 9.62. The minimum Gasteiger partial charge on any atom is -0.460 e. The molecule has 3 heterocycles. The molecule has 2 amide bonds. The first-order valence-corrected chi connectivity index (χ1v) is 14.8. The molecule has 2 N–H and O–H groups in total. The predicted octanol–water partition coefficient (Wildman–Crippen LogP) is 0.928. The van der Waals surface area contributed by atoms with Gasteiger partial charge >= 0.3 is 11.9 Å². The highest BCUT2D eigenvalue weighted by molar-refractivity contribution is 5.94. The van der Waals surface area contributed by atoms with E-state index in [0.29, 0.717) is 0 Å². The molecule has 0 radical (unpaired) electrons. The average molecular weight is 616 g/mol. The van der Waals surface area contributed by atoms with Crippen molar-refractivity contribution in [2.24, 2.45) is 5.41 Å². The van der Waals surface area contributed by atoms with E-state index in [4.69, 9.17) is 23.8 Å². The van der Waals surface area contributed by atoms with Crippen LogP contribution in [-0.2, 0) is 49.5 Å². The van der Waals surface area contributed by atoms with Gasteiger partial charge in [-0.25, -0.2) is 0 Å². The van der Waals surface area contributed by atoms with Gasteiger partial charge in [-0.3, -0.25) is 24.0 Å². The lowest BCUT2D eigenvalue weighted by Crippen LogP contribution is -2.70. The third-order valence-electron chi connectivity index (χ3n) is 8.32. The van der Waals surface area contributed by atoms with Gasteiger partial charge in [0.1, 0.15) is 42.2 Å². The molecule has 1 aromatic carbocycles. The molecule has 4 fully saturated rings. The molecule has 7 atom stereocenters. The quantitative estimate of drug-likeness (QED) is 0.286. The van der Waals surface area contributed by atoms with Gasteiger partial charge in [-0.2, -0.15) is 5.06 Å². The molecule has 44 heavy (non-hydrogen) atoms. The summed E-state index contributed by atoms with van der Waals surface area (Å²) in [6.45, 7) is 4.99. The van der Waals surface area contributed by atoms with Crippen LogP contribution >= 0.6 is 0 Å².